The number of benzene rings is 4. The van der Waals surface area contributed by atoms with Crippen LogP contribution >= 0.6 is 0 Å². The summed E-state index contributed by atoms with van der Waals surface area (Å²) in [6.07, 6.45) is 7.71. The normalized spacial score (nSPS) is 11.9. The number of hydrogen-bond donors (Lipinski definition) is 6. The summed E-state index contributed by atoms with van der Waals surface area (Å²) in [4.78, 5) is 41.2. The Morgan fingerprint density at radius 2 is 0.625 bits per heavy atom. The van der Waals surface area contributed by atoms with E-state index in [1.165, 1.54) is 0 Å². The molecular weight excluding hydrogens is 705 g/mol. The number of rotatable bonds is 6. The van der Waals surface area contributed by atoms with Crippen LogP contribution < -0.4 is 0 Å². The average molecular weight is 735 g/mol. The van der Waals surface area contributed by atoms with Crippen molar-refractivity contribution < 1.29 is 30.0 Å². The van der Waals surface area contributed by atoms with Crippen LogP contribution in [-0.2, 0) is 0 Å². The molecule has 0 saturated carbocycles. The molecule has 3 aromatic heterocycles. The Hall–Kier alpha value is -7.98. The Kier molecular flexibility index (Phi) is 8.13. The first kappa shape index (κ1) is 33.8. The minimum atomic E-state index is -1.03. The van der Waals surface area contributed by atoms with Gasteiger partial charge in [-0.25, -0.2) is 19.6 Å². The fourth-order valence-corrected chi connectivity index (χ4v) is 7.24. The van der Waals surface area contributed by atoms with Crippen molar-refractivity contribution in [2.45, 2.75) is 0 Å². The van der Waals surface area contributed by atoms with Gasteiger partial charge < -0.3 is 30.4 Å². The highest BCUT2D eigenvalue weighted by Gasteiger charge is 2.19. The highest BCUT2D eigenvalue weighted by atomic mass is 16.4. The molecule has 270 valence electrons. The van der Waals surface area contributed by atoms with Gasteiger partial charge in [-0.1, -0.05) is 48.5 Å². The number of carbonyl (C=O) groups is 2. The molecule has 10 heteroatoms. The van der Waals surface area contributed by atoms with Gasteiger partial charge in [0.05, 0.1) is 33.9 Å². The van der Waals surface area contributed by atoms with Crippen molar-refractivity contribution in [3.8, 4) is 56.0 Å². The maximum atomic E-state index is 11.8. The third-order valence-corrected chi connectivity index (χ3v) is 9.91. The van der Waals surface area contributed by atoms with Crippen molar-refractivity contribution in [1.82, 2.24) is 19.9 Å². The lowest BCUT2D eigenvalue weighted by Crippen LogP contribution is -1.95. The Morgan fingerprint density at radius 1 is 0.375 bits per heavy atom. The third kappa shape index (κ3) is 6.06. The van der Waals surface area contributed by atoms with E-state index >= 15 is 0 Å². The number of aromatic carboxylic acids is 2. The zero-order chi connectivity index (χ0) is 38.5. The predicted molar refractivity (Wildman–Crippen MR) is 218 cm³/mol. The molecule has 0 aliphatic carbocycles. The summed E-state index contributed by atoms with van der Waals surface area (Å²) >= 11 is 0. The maximum absolute atomic E-state index is 11.8. The molecule has 7 aromatic rings. The highest BCUT2D eigenvalue weighted by molar-refractivity contribution is 6.00. The van der Waals surface area contributed by atoms with Crippen LogP contribution in [0.5, 0.6) is 11.5 Å². The first-order valence-corrected chi connectivity index (χ1v) is 17.6. The number of phenolic OH excluding ortho intramolecular Hbond substituents is 2. The summed E-state index contributed by atoms with van der Waals surface area (Å²) < 4.78 is 0. The molecule has 2 aliphatic heterocycles. The summed E-state index contributed by atoms with van der Waals surface area (Å²) in [5, 5.41) is 39.7. The van der Waals surface area contributed by atoms with E-state index in [0.29, 0.717) is 22.8 Å². The minimum Gasteiger partial charge on any atom is -0.508 e. The van der Waals surface area contributed by atoms with E-state index in [0.717, 1.165) is 66.6 Å². The zero-order valence-electron chi connectivity index (χ0n) is 29.4. The number of H-pyrrole nitrogens is 2. The fraction of sp³-hybridized carbons (Fsp3) is 0. The number of aromatic amines is 2. The van der Waals surface area contributed by atoms with E-state index in [9.17, 15) is 30.0 Å². The van der Waals surface area contributed by atoms with E-state index in [1.807, 2.05) is 72.8 Å². The summed E-state index contributed by atoms with van der Waals surface area (Å²) in [6, 6.07) is 35.0. The first-order chi connectivity index (χ1) is 27.2. The molecule has 0 unspecified atom stereocenters. The van der Waals surface area contributed by atoms with Crippen LogP contribution in [0.25, 0.3) is 90.9 Å². The highest BCUT2D eigenvalue weighted by Crippen LogP contribution is 2.39. The summed E-state index contributed by atoms with van der Waals surface area (Å²) in [6.45, 7) is 0. The Morgan fingerprint density at radius 3 is 0.875 bits per heavy atom. The van der Waals surface area contributed by atoms with E-state index in [-0.39, 0.29) is 22.6 Å². The number of carboxylic acid groups (broad SMARTS) is 2. The molecule has 10 nitrogen and oxygen atoms in total. The van der Waals surface area contributed by atoms with Gasteiger partial charge in [-0.3, -0.25) is 0 Å². The second-order valence-corrected chi connectivity index (χ2v) is 13.4. The van der Waals surface area contributed by atoms with Gasteiger partial charge in [-0.15, -0.1) is 0 Å². The molecule has 2 aliphatic rings. The number of fused-ring (bicyclic) bond motifs is 8. The molecule has 0 atom stereocenters. The molecule has 0 amide bonds. The lowest BCUT2D eigenvalue weighted by molar-refractivity contribution is 0.0686. The number of hydrogen-bond acceptors (Lipinski definition) is 6. The molecule has 9 rings (SSSR count). The van der Waals surface area contributed by atoms with Crippen molar-refractivity contribution in [2.75, 3.05) is 0 Å². The molecular formula is C46H30N4O6. The van der Waals surface area contributed by atoms with Crippen LogP contribution in [0, 0.1) is 0 Å². The predicted octanol–water partition coefficient (Wildman–Crippen LogP) is 10.1. The molecule has 0 spiro atoms. The van der Waals surface area contributed by atoms with Crippen LogP contribution in [0.3, 0.4) is 0 Å². The van der Waals surface area contributed by atoms with Crippen LogP contribution in [0.4, 0.5) is 0 Å². The third-order valence-electron chi connectivity index (χ3n) is 9.91. The molecule has 5 heterocycles. The largest absolute Gasteiger partial charge is 0.508 e. The number of nitrogens with zero attached hydrogens (tertiary/aromatic N) is 2. The molecule has 0 radical (unpaired) electrons. The number of aromatic nitrogens is 4. The fourth-order valence-electron chi connectivity index (χ4n) is 7.24. The van der Waals surface area contributed by atoms with E-state index in [1.54, 1.807) is 72.8 Å². The van der Waals surface area contributed by atoms with Crippen LogP contribution in [0.2, 0.25) is 0 Å². The monoisotopic (exact) mass is 734 g/mol. The van der Waals surface area contributed by atoms with Crippen LogP contribution in [0.1, 0.15) is 43.5 Å². The van der Waals surface area contributed by atoms with E-state index in [4.69, 9.17) is 9.97 Å². The number of nitrogens with one attached hydrogen (secondary N) is 2. The van der Waals surface area contributed by atoms with Gasteiger partial charge >= 0.3 is 11.9 Å². The number of carboxylic acids is 2. The average Bonchev–Trinajstić information content (AvgIpc) is 4.05. The Labute approximate surface area is 318 Å². The molecule has 4 aromatic carbocycles. The summed E-state index contributed by atoms with van der Waals surface area (Å²) in [7, 11) is 0. The second-order valence-electron chi connectivity index (χ2n) is 13.4. The summed E-state index contributed by atoms with van der Waals surface area (Å²) in [5.41, 5.74) is 11.9. The number of aromatic hydroxyl groups is 2. The van der Waals surface area contributed by atoms with Gasteiger partial charge in [0, 0.05) is 44.3 Å². The van der Waals surface area contributed by atoms with Gasteiger partial charge in [-0.2, -0.15) is 0 Å². The van der Waals surface area contributed by atoms with E-state index in [2.05, 4.69) is 9.97 Å². The van der Waals surface area contributed by atoms with Gasteiger partial charge in [0.1, 0.15) is 11.5 Å². The van der Waals surface area contributed by atoms with Crippen molar-refractivity contribution in [1.29, 1.82) is 0 Å². The first-order valence-electron chi connectivity index (χ1n) is 17.6. The standard InChI is InChI=1S/C46H30N4O6/c51-31-13-9-27(10-14-31)43-37-21-17-33(47-37)41(25-1-5-29(6-2-25)45(53)54)34-18-22-38(48-34)44(28-11-15-32(52)16-12-28)40-24-20-36(50-40)42(35-19-23-39(43)49-35)26-3-7-30(8-4-26)46(55)56/h1-24,47,50-52H,(H,53,54)(H,55,56). The maximum Gasteiger partial charge on any atom is 0.335 e. The van der Waals surface area contributed by atoms with E-state index < -0.39 is 11.9 Å². The summed E-state index contributed by atoms with van der Waals surface area (Å²) in [5.74, 6) is -1.81. The van der Waals surface area contributed by atoms with Crippen LogP contribution in [-0.4, -0.2) is 52.3 Å². The van der Waals surface area contributed by atoms with Gasteiger partial charge in [0.25, 0.3) is 0 Å². The van der Waals surface area contributed by atoms with Crippen molar-refractivity contribution >= 4 is 58.3 Å². The molecule has 0 saturated heterocycles. The molecule has 8 bridgehead atoms. The molecule has 0 fully saturated rings. The molecule has 6 N–H and O–H groups in total. The second kappa shape index (κ2) is 13.5. The topological polar surface area (TPSA) is 172 Å². The van der Waals surface area contributed by atoms with Crippen molar-refractivity contribution in [2.24, 2.45) is 0 Å². The Balaban J connectivity index is 1.44. The smallest absolute Gasteiger partial charge is 0.335 e. The van der Waals surface area contributed by atoms with Crippen molar-refractivity contribution in [3.05, 3.63) is 155 Å². The van der Waals surface area contributed by atoms with Crippen molar-refractivity contribution in [3.63, 3.8) is 0 Å². The van der Waals surface area contributed by atoms with Gasteiger partial charge in [-0.05, 0) is 119 Å². The zero-order valence-corrected chi connectivity index (χ0v) is 29.4. The minimum absolute atomic E-state index is 0.121. The quantitative estimate of drug-likeness (QED) is 0.0979. The SMILES string of the molecule is O=C(O)c1ccc(-c2c3nc(c(-c4ccc(O)cc4)c4ccc([nH]4)c(-c4ccc(C(=O)O)cc4)c4nc(c(-c5ccc(O)cc5)c5ccc2[nH]5)C=C4)C=C3)cc1. The van der Waals surface area contributed by atoms with Gasteiger partial charge in [0.2, 0.25) is 0 Å². The lowest BCUT2D eigenvalue weighted by Gasteiger charge is -2.07. The number of phenols is 2. The Bertz CT molecular complexity index is 2750. The van der Waals surface area contributed by atoms with Gasteiger partial charge in [0.15, 0.2) is 0 Å². The van der Waals surface area contributed by atoms with Crippen LogP contribution in [0.15, 0.2) is 121 Å². The lowest BCUT2D eigenvalue weighted by atomic mass is 10.0. The molecule has 56 heavy (non-hydrogen) atoms.